The first kappa shape index (κ1) is 12.4. The maximum Gasteiger partial charge on any atom is 0.0911 e. The first-order valence-corrected chi connectivity index (χ1v) is 7.43. The van der Waals surface area contributed by atoms with Gasteiger partial charge in [0.15, 0.2) is 0 Å². The summed E-state index contributed by atoms with van der Waals surface area (Å²) in [5, 5.41) is 7.47. The van der Waals surface area contributed by atoms with Crippen LogP contribution >= 0.6 is 0 Å². The fourth-order valence-corrected chi connectivity index (χ4v) is 3.24. The van der Waals surface area contributed by atoms with E-state index in [2.05, 4.69) is 9.80 Å². The standard InChI is InChI=1S/C14H26N4/c15-13(16)9-14(3-4-14)11-18-7-5-17(6-8-18)10-12-1-2-12/h12H,1-11H2,(H3,15,16). The Kier molecular flexibility index (Phi) is 3.32. The Morgan fingerprint density at radius 3 is 2.22 bits per heavy atom. The lowest BCUT2D eigenvalue weighted by molar-refractivity contribution is 0.111. The predicted octanol–water partition coefficient (Wildman–Crippen LogP) is 1.12. The van der Waals surface area contributed by atoms with E-state index in [-0.39, 0.29) is 0 Å². The minimum Gasteiger partial charge on any atom is -0.388 e. The third-order valence-electron chi connectivity index (χ3n) is 4.76. The van der Waals surface area contributed by atoms with Crippen molar-refractivity contribution in [1.29, 1.82) is 5.41 Å². The smallest absolute Gasteiger partial charge is 0.0911 e. The van der Waals surface area contributed by atoms with E-state index in [0.29, 0.717) is 11.3 Å². The molecule has 0 spiro atoms. The Labute approximate surface area is 110 Å². The summed E-state index contributed by atoms with van der Waals surface area (Å²) in [4.78, 5) is 5.23. The monoisotopic (exact) mass is 250 g/mol. The fourth-order valence-electron chi connectivity index (χ4n) is 3.24. The van der Waals surface area contributed by atoms with Crippen LogP contribution in [0.1, 0.15) is 32.1 Å². The molecule has 3 N–H and O–H groups in total. The molecule has 0 atom stereocenters. The summed E-state index contributed by atoms with van der Waals surface area (Å²) < 4.78 is 0. The van der Waals surface area contributed by atoms with Crippen molar-refractivity contribution in [2.45, 2.75) is 32.1 Å². The molecule has 3 rings (SSSR count). The van der Waals surface area contributed by atoms with E-state index in [1.54, 1.807) is 0 Å². The van der Waals surface area contributed by atoms with E-state index < -0.39 is 0 Å². The van der Waals surface area contributed by atoms with Gasteiger partial charge in [0, 0.05) is 45.7 Å². The number of nitrogens with zero attached hydrogens (tertiary/aromatic N) is 2. The molecule has 0 aromatic heterocycles. The van der Waals surface area contributed by atoms with Crippen LogP contribution in [0.15, 0.2) is 0 Å². The van der Waals surface area contributed by atoms with Gasteiger partial charge in [-0.2, -0.15) is 0 Å². The number of amidine groups is 1. The number of hydrogen-bond donors (Lipinski definition) is 2. The molecule has 2 saturated carbocycles. The first-order valence-electron chi connectivity index (χ1n) is 7.43. The van der Waals surface area contributed by atoms with Crippen LogP contribution < -0.4 is 5.73 Å². The number of nitrogens with one attached hydrogen (secondary N) is 1. The molecule has 0 aromatic carbocycles. The normalized spacial score (nSPS) is 28.2. The van der Waals surface area contributed by atoms with Gasteiger partial charge in [-0.15, -0.1) is 0 Å². The molecule has 0 amide bonds. The molecule has 2 aliphatic carbocycles. The Morgan fingerprint density at radius 2 is 1.72 bits per heavy atom. The highest BCUT2D eigenvalue weighted by Crippen LogP contribution is 2.49. The highest BCUT2D eigenvalue weighted by molar-refractivity contribution is 5.78. The third-order valence-corrected chi connectivity index (χ3v) is 4.76. The zero-order chi connectivity index (χ0) is 12.6. The van der Waals surface area contributed by atoms with E-state index in [0.717, 1.165) is 12.3 Å². The molecule has 0 aromatic rings. The molecular weight excluding hydrogens is 224 g/mol. The summed E-state index contributed by atoms with van der Waals surface area (Å²) in [7, 11) is 0. The van der Waals surface area contributed by atoms with Crippen LogP contribution in [-0.2, 0) is 0 Å². The Morgan fingerprint density at radius 1 is 1.11 bits per heavy atom. The zero-order valence-corrected chi connectivity index (χ0v) is 11.3. The number of nitrogens with two attached hydrogens (primary N) is 1. The van der Waals surface area contributed by atoms with Crippen LogP contribution in [0.2, 0.25) is 0 Å². The lowest BCUT2D eigenvalue weighted by atomic mass is 10.0. The van der Waals surface area contributed by atoms with Gasteiger partial charge in [-0.1, -0.05) is 0 Å². The average molecular weight is 250 g/mol. The quantitative estimate of drug-likeness (QED) is 0.549. The summed E-state index contributed by atoms with van der Waals surface area (Å²) in [5.74, 6) is 1.39. The first-order chi connectivity index (χ1) is 8.65. The maximum absolute atomic E-state index is 7.47. The van der Waals surface area contributed by atoms with Crippen LogP contribution in [0.4, 0.5) is 0 Å². The third kappa shape index (κ3) is 3.23. The van der Waals surface area contributed by atoms with Crippen molar-refractivity contribution in [3.8, 4) is 0 Å². The Balaban J connectivity index is 1.41. The molecule has 3 fully saturated rings. The summed E-state index contributed by atoms with van der Waals surface area (Å²) >= 11 is 0. The molecule has 102 valence electrons. The molecule has 3 aliphatic rings. The van der Waals surface area contributed by atoms with Gasteiger partial charge in [0.2, 0.25) is 0 Å². The molecule has 0 bridgehead atoms. The van der Waals surface area contributed by atoms with Gasteiger partial charge in [0.25, 0.3) is 0 Å². The largest absolute Gasteiger partial charge is 0.388 e. The van der Waals surface area contributed by atoms with Crippen molar-refractivity contribution in [3.05, 3.63) is 0 Å². The van der Waals surface area contributed by atoms with Gasteiger partial charge in [-0.05, 0) is 37.0 Å². The van der Waals surface area contributed by atoms with E-state index >= 15 is 0 Å². The predicted molar refractivity (Wildman–Crippen MR) is 73.8 cm³/mol. The topological polar surface area (TPSA) is 56.4 Å². The minimum atomic E-state index is 0.375. The van der Waals surface area contributed by atoms with E-state index in [4.69, 9.17) is 11.1 Å². The summed E-state index contributed by atoms with van der Waals surface area (Å²) in [6.45, 7) is 7.42. The van der Waals surface area contributed by atoms with Crippen molar-refractivity contribution in [3.63, 3.8) is 0 Å². The lowest BCUT2D eigenvalue weighted by Gasteiger charge is -2.36. The molecule has 0 unspecified atom stereocenters. The number of piperazine rings is 1. The van der Waals surface area contributed by atoms with Gasteiger partial charge in [-0.3, -0.25) is 5.41 Å². The molecule has 18 heavy (non-hydrogen) atoms. The highest BCUT2D eigenvalue weighted by atomic mass is 15.3. The maximum atomic E-state index is 7.47. The van der Waals surface area contributed by atoms with Crippen LogP contribution in [0, 0.1) is 16.7 Å². The second-order valence-electron chi connectivity index (χ2n) is 6.72. The molecule has 4 nitrogen and oxygen atoms in total. The second kappa shape index (κ2) is 4.82. The molecule has 1 saturated heterocycles. The summed E-state index contributed by atoms with van der Waals surface area (Å²) in [5.41, 5.74) is 5.94. The van der Waals surface area contributed by atoms with Gasteiger partial charge >= 0.3 is 0 Å². The Bertz CT molecular complexity index is 312. The molecular formula is C14H26N4. The molecule has 1 aliphatic heterocycles. The van der Waals surface area contributed by atoms with Gasteiger partial charge in [0.1, 0.15) is 0 Å². The van der Waals surface area contributed by atoms with Crippen LogP contribution in [-0.4, -0.2) is 54.9 Å². The zero-order valence-electron chi connectivity index (χ0n) is 11.3. The Hall–Kier alpha value is -0.610. The van der Waals surface area contributed by atoms with Crippen LogP contribution in [0.3, 0.4) is 0 Å². The van der Waals surface area contributed by atoms with Gasteiger partial charge in [-0.25, -0.2) is 0 Å². The second-order valence-corrected chi connectivity index (χ2v) is 6.72. The summed E-state index contributed by atoms with van der Waals surface area (Å²) in [6, 6.07) is 0. The SMILES string of the molecule is N=C(N)CC1(CN2CCN(CC3CC3)CC2)CC1. The molecule has 0 radical (unpaired) electrons. The van der Waals surface area contributed by atoms with Crippen LogP contribution in [0.5, 0.6) is 0 Å². The number of hydrogen-bond acceptors (Lipinski definition) is 3. The van der Waals surface area contributed by atoms with Crippen molar-refractivity contribution in [1.82, 2.24) is 9.80 Å². The van der Waals surface area contributed by atoms with Crippen molar-refractivity contribution < 1.29 is 0 Å². The van der Waals surface area contributed by atoms with Crippen molar-refractivity contribution >= 4 is 5.84 Å². The van der Waals surface area contributed by atoms with Crippen molar-refractivity contribution in [2.24, 2.45) is 17.1 Å². The van der Waals surface area contributed by atoms with Crippen molar-refractivity contribution in [2.75, 3.05) is 39.3 Å². The number of rotatable bonds is 6. The summed E-state index contributed by atoms with van der Waals surface area (Å²) in [6.07, 6.45) is 6.28. The van der Waals surface area contributed by atoms with Gasteiger partial charge in [0.05, 0.1) is 5.84 Å². The van der Waals surface area contributed by atoms with Gasteiger partial charge < -0.3 is 15.5 Å². The average Bonchev–Trinajstić information content (AvgIpc) is 3.20. The molecule has 4 heteroatoms. The highest BCUT2D eigenvalue weighted by Gasteiger charge is 2.44. The fraction of sp³-hybridized carbons (Fsp3) is 0.929. The van der Waals surface area contributed by atoms with E-state index in [9.17, 15) is 0 Å². The minimum absolute atomic E-state index is 0.375. The van der Waals surface area contributed by atoms with E-state index in [1.165, 1.54) is 65.0 Å². The van der Waals surface area contributed by atoms with E-state index in [1.807, 2.05) is 0 Å². The van der Waals surface area contributed by atoms with Crippen LogP contribution in [0.25, 0.3) is 0 Å². The molecule has 1 heterocycles. The lowest BCUT2D eigenvalue weighted by Crippen LogP contribution is -2.48.